The van der Waals surface area contributed by atoms with E-state index in [-0.39, 0.29) is 48.1 Å². The maximum atomic E-state index is 13.3. The second kappa shape index (κ2) is 14.4. The van der Waals surface area contributed by atoms with Gasteiger partial charge in [0.25, 0.3) is 11.4 Å². The van der Waals surface area contributed by atoms with Crippen LogP contribution in [0.1, 0.15) is 24.0 Å². The minimum absolute atomic E-state index is 0.0805. The van der Waals surface area contributed by atoms with Crippen LogP contribution in [0.3, 0.4) is 0 Å². The van der Waals surface area contributed by atoms with Crippen molar-refractivity contribution in [3.63, 3.8) is 0 Å². The summed E-state index contributed by atoms with van der Waals surface area (Å²) in [4.78, 5) is 69.5. The Labute approximate surface area is 256 Å². The Morgan fingerprint density at radius 3 is 2.09 bits per heavy atom. The summed E-state index contributed by atoms with van der Waals surface area (Å²) in [7, 11) is 0. The fraction of sp³-hybridized carbons (Fsp3) is 0.370. The van der Waals surface area contributed by atoms with E-state index < -0.39 is 34.0 Å². The largest absolute Gasteiger partial charge is 0.455 e. The molecule has 2 saturated heterocycles. The zero-order valence-corrected chi connectivity index (χ0v) is 24.2. The lowest BCUT2D eigenvalue weighted by Gasteiger charge is -2.25. The normalized spacial score (nSPS) is 20.1. The average Bonchev–Trinajstić information content (AvgIpc) is 3.63. The van der Waals surface area contributed by atoms with E-state index in [2.05, 4.69) is 22.6 Å². The minimum atomic E-state index is -0.885. The molecule has 2 heterocycles. The number of carbonyl (C=O) groups excluding carboxylic acids is 3. The minimum Gasteiger partial charge on any atom is -0.455 e. The van der Waals surface area contributed by atoms with Crippen LogP contribution in [0.5, 0.6) is 0 Å². The number of nitro benzene ring substituents is 2. The molecule has 0 saturated carbocycles. The molecule has 2 aromatic carbocycles. The molecule has 232 valence electrons. The molecular weight excluding hydrogens is 598 g/mol. The fourth-order valence-corrected chi connectivity index (χ4v) is 5.06. The van der Waals surface area contributed by atoms with Gasteiger partial charge in [-0.2, -0.15) is 17.6 Å². The zero-order valence-electron chi connectivity index (χ0n) is 23.3. The van der Waals surface area contributed by atoms with Gasteiger partial charge in [-0.15, -0.1) is 0 Å². The summed E-state index contributed by atoms with van der Waals surface area (Å²) in [5.41, 5.74) is 6.76. The van der Waals surface area contributed by atoms with Crippen LogP contribution in [0.2, 0.25) is 0 Å². The van der Waals surface area contributed by atoms with E-state index in [1.54, 1.807) is 9.80 Å². The number of nitrogens with two attached hydrogens (primary N) is 1. The molecule has 2 aliphatic heterocycles. The van der Waals surface area contributed by atoms with Gasteiger partial charge in [-0.1, -0.05) is 0 Å². The summed E-state index contributed by atoms with van der Waals surface area (Å²) >= 11 is 4.49. The van der Waals surface area contributed by atoms with Crippen molar-refractivity contribution in [3.8, 4) is 0 Å². The maximum absolute atomic E-state index is 13.3. The number of carbonyl (C=O) groups is 3. The van der Waals surface area contributed by atoms with Crippen LogP contribution in [-0.4, -0.2) is 86.8 Å². The SMILES string of the molecule is NC(=N[C@H]1CCN(C(=O)[C@@H]2C[C@H](S)CN2C=NC(=O)OCc2ccc([N+](=O)[O-])cc2)C1)C(=O)OCc1ccc([N+](=O)[O-])cc1. The number of non-ortho nitro benzene ring substituents is 2. The van der Waals surface area contributed by atoms with Crippen molar-refractivity contribution in [1.29, 1.82) is 0 Å². The number of likely N-dealkylation sites (tertiary alicyclic amines) is 2. The second-order valence-electron chi connectivity index (χ2n) is 10.1. The number of nitro groups is 2. The van der Waals surface area contributed by atoms with Gasteiger partial charge >= 0.3 is 12.1 Å². The predicted molar refractivity (Wildman–Crippen MR) is 159 cm³/mol. The van der Waals surface area contributed by atoms with Crippen LogP contribution < -0.4 is 5.73 Å². The van der Waals surface area contributed by atoms with E-state index in [1.807, 2.05) is 0 Å². The van der Waals surface area contributed by atoms with E-state index >= 15 is 0 Å². The monoisotopic (exact) mass is 627 g/mol. The molecular formula is C27H29N7O9S. The van der Waals surface area contributed by atoms with E-state index in [0.29, 0.717) is 37.1 Å². The summed E-state index contributed by atoms with van der Waals surface area (Å²) < 4.78 is 10.2. The number of amides is 2. The van der Waals surface area contributed by atoms with Gasteiger partial charge in [-0.05, 0) is 48.2 Å². The van der Waals surface area contributed by atoms with Gasteiger partial charge in [0.05, 0.1) is 22.2 Å². The summed E-state index contributed by atoms with van der Waals surface area (Å²) in [5, 5.41) is 21.4. The molecule has 0 unspecified atom stereocenters. The first-order valence-corrected chi connectivity index (χ1v) is 13.9. The van der Waals surface area contributed by atoms with Crippen LogP contribution in [0, 0.1) is 20.2 Å². The number of thiol groups is 1. The Bertz CT molecular complexity index is 1470. The van der Waals surface area contributed by atoms with Gasteiger partial charge in [0.2, 0.25) is 11.7 Å². The van der Waals surface area contributed by atoms with Gasteiger partial charge < -0.3 is 25.0 Å². The molecule has 0 radical (unpaired) electrons. The molecule has 2 amide bonds. The van der Waals surface area contributed by atoms with E-state index in [4.69, 9.17) is 15.2 Å². The quantitative estimate of drug-likeness (QED) is 0.103. The average molecular weight is 628 g/mol. The Balaban J connectivity index is 1.26. The van der Waals surface area contributed by atoms with Crippen molar-refractivity contribution in [1.82, 2.24) is 9.80 Å². The number of nitrogens with zero attached hydrogens (tertiary/aromatic N) is 6. The number of hydrogen-bond donors (Lipinski definition) is 2. The third kappa shape index (κ3) is 8.50. The number of esters is 1. The van der Waals surface area contributed by atoms with E-state index in [0.717, 1.165) is 0 Å². The highest BCUT2D eigenvalue weighted by molar-refractivity contribution is 7.81. The predicted octanol–water partition coefficient (Wildman–Crippen LogP) is 2.24. The molecule has 2 aromatic rings. The molecule has 17 heteroatoms. The Morgan fingerprint density at radius 1 is 0.955 bits per heavy atom. The van der Waals surface area contributed by atoms with Crippen LogP contribution in [-0.2, 0) is 32.3 Å². The van der Waals surface area contributed by atoms with Crippen molar-refractivity contribution in [2.45, 2.75) is 43.4 Å². The standard InChI is InChI=1S/C27H29N7O9S/c28-24(26(36)42-14-17-1-5-20(6-2-17)33(38)39)30-19-9-10-31(12-19)25(35)23-11-22(44)13-32(23)16-29-27(37)43-15-18-3-7-21(8-4-18)34(40)41/h1-8,16,19,22-23,44H,9-15H2,(H2,28,30)/t19-,22-,23-/m0/s1. The number of hydrogen-bond acceptors (Lipinski definition) is 11. The first-order valence-electron chi connectivity index (χ1n) is 13.4. The first kappa shape index (κ1) is 31.9. The maximum Gasteiger partial charge on any atom is 0.435 e. The smallest absolute Gasteiger partial charge is 0.435 e. The number of amidine groups is 1. The summed E-state index contributed by atoms with van der Waals surface area (Å²) in [6.45, 7) is 0.715. The summed E-state index contributed by atoms with van der Waals surface area (Å²) in [5.74, 6) is -1.39. The molecule has 2 aliphatic rings. The van der Waals surface area contributed by atoms with Crippen LogP contribution in [0.15, 0.2) is 58.5 Å². The molecule has 3 atom stereocenters. The number of aliphatic imine (C=N–C) groups is 2. The van der Waals surface area contributed by atoms with Crippen molar-refractivity contribution in [3.05, 3.63) is 79.9 Å². The second-order valence-corrected chi connectivity index (χ2v) is 10.8. The lowest BCUT2D eigenvalue weighted by atomic mass is 10.2. The number of rotatable bonds is 9. The van der Waals surface area contributed by atoms with Gasteiger partial charge in [0.15, 0.2) is 0 Å². The van der Waals surface area contributed by atoms with E-state index in [9.17, 15) is 34.6 Å². The van der Waals surface area contributed by atoms with Crippen molar-refractivity contribution in [2.75, 3.05) is 19.6 Å². The lowest BCUT2D eigenvalue weighted by Crippen LogP contribution is -2.44. The molecule has 4 rings (SSSR count). The topological polar surface area (TPSA) is 213 Å². The summed E-state index contributed by atoms with van der Waals surface area (Å²) in [6, 6.07) is 10.1. The lowest BCUT2D eigenvalue weighted by molar-refractivity contribution is -0.385. The Hall–Kier alpha value is -5.06. The molecule has 44 heavy (non-hydrogen) atoms. The molecule has 2 N–H and O–H groups in total. The highest BCUT2D eigenvalue weighted by Gasteiger charge is 2.39. The van der Waals surface area contributed by atoms with Crippen molar-refractivity contribution >= 4 is 54.1 Å². The molecule has 0 aromatic heterocycles. The van der Waals surface area contributed by atoms with Crippen molar-refractivity contribution in [2.24, 2.45) is 15.7 Å². The fourth-order valence-electron chi connectivity index (χ4n) is 4.67. The molecule has 16 nitrogen and oxygen atoms in total. The van der Waals surface area contributed by atoms with Gasteiger partial charge in [0.1, 0.15) is 19.3 Å². The third-order valence-electron chi connectivity index (χ3n) is 6.95. The molecule has 2 fully saturated rings. The number of benzene rings is 2. The third-order valence-corrected chi connectivity index (χ3v) is 7.32. The molecule has 0 spiro atoms. The highest BCUT2D eigenvalue weighted by Crippen LogP contribution is 2.25. The van der Waals surface area contributed by atoms with Gasteiger partial charge in [0, 0.05) is 49.1 Å². The van der Waals surface area contributed by atoms with Gasteiger partial charge in [-0.3, -0.25) is 30.0 Å². The van der Waals surface area contributed by atoms with E-state index in [1.165, 1.54) is 54.9 Å². The summed E-state index contributed by atoms with van der Waals surface area (Å²) in [6.07, 6.45) is 1.26. The zero-order chi connectivity index (χ0) is 31.8. The van der Waals surface area contributed by atoms with Crippen LogP contribution in [0.4, 0.5) is 16.2 Å². The van der Waals surface area contributed by atoms with Crippen LogP contribution >= 0.6 is 12.6 Å². The number of ether oxygens (including phenoxy) is 2. The Kier molecular flexibility index (Phi) is 10.4. The highest BCUT2D eigenvalue weighted by atomic mass is 32.1. The Morgan fingerprint density at radius 2 is 1.52 bits per heavy atom. The van der Waals surface area contributed by atoms with Crippen molar-refractivity contribution < 1.29 is 33.7 Å². The molecule has 0 aliphatic carbocycles. The van der Waals surface area contributed by atoms with Crippen LogP contribution in [0.25, 0.3) is 0 Å². The van der Waals surface area contributed by atoms with Gasteiger partial charge in [-0.25, -0.2) is 9.59 Å². The molecule has 0 bridgehead atoms. The first-order chi connectivity index (χ1) is 21.0.